The molecule has 0 saturated heterocycles. The first-order chi connectivity index (χ1) is 17.0. The van der Waals surface area contributed by atoms with Crippen molar-refractivity contribution >= 4 is 34.8 Å². The Morgan fingerprint density at radius 2 is 1.81 bits per heavy atom. The summed E-state index contributed by atoms with van der Waals surface area (Å²) >= 11 is 0. The number of rotatable bonds is 7. The van der Waals surface area contributed by atoms with Gasteiger partial charge in [-0.25, -0.2) is 0 Å². The monoisotopic (exact) mass is 498 g/mol. The number of amides is 1. The van der Waals surface area contributed by atoms with Gasteiger partial charge in [-0.3, -0.25) is 28.8 Å². The maximum absolute atomic E-state index is 13.8. The number of fused-ring (bicyclic) bond motifs is 3. The fourth-order valence-corrected chi connectivity index (χ4v) is 6.64. The summed E-state index contributed by atoms with van der Waals surface area (Å²) in [5.41, 5.74) is 8.36. The second kappa shape index (κ2) is 9.33. The van der Waals surface area contributed by atoms with Gasteiger partial charge in [0.05, 0.1) is 11.5 Å². The van der Waals surface area contributed by atoms with Crippen LogP contribution in [0.1, 0.15) is 60.9 Å². The second-order valence-electron chi connectivity index (χ2n) is 10.2. The predicted molar refractivity (Wildman–Crippen MR) is 125 cm³/mol. The first kappa shape index (κ1) is 25.8. The Morgan fingerprint density at radius 1 is 1.11 bits per heavy atom. The standard InChI is InChI=1S/C26H30N2O8/c1-11-13-6-4-7-16(30)19(13)22(32)21-18(11)14(9-12(29)5-2-3-8-27)15-10-17(31)20(25(28)35)23(33)26(15,36)24(21)34/h4,6-7,11,14-15,18,20-21,30,36H,2-3,5,8-10,27H2,1H3,(H2,28,35)/t11-,14+,15+,18-,20?,21?,26+/m0/s1. The van der Waals surface area contributed by atoms with Crippen LogP contribution in [0.2, 0.25) is 0 Å². The molecule has 6 N–H and O–H groups in total. The third kappa shape index (κ3) is 3.70. The second-order valence-corrected chi connectivity index (χ2v) is 10.2. The number of aromatic hydroxyl groups is 1. The fourth-order valence-electron chi connectivity index (χ4n) is 6.64. The van der Waals surface area contributed by atoms with Gasteiger partial charge in [-0.05, 0) is 48.8 Å². The van der Waals surface area contributed by atoms with E-state index in [9.17, 15) is 39.0 Å². The van der Waals surface area contributed by atoms with E-state index in [0.717, 1.165) is 0 Å². The molecule has 0 spiro atoms. The van der Waals surface area contributed by atoms with Gasteiger partial charge >= 0.3 is 0 Å². The van der Waals surface area contributed by atoms with Gasteiger partial charge in [0.25, 0.3) is 0 Å². The molecule has 2 fully saturated rings. The summed E-state index contributed by atoms with van der Waals surface area (Å²) in [4.78, 5) is 78.4. The third-order valence-corrected chi connectivity index (χ3v) is 8.30. The summed E-state index contributed by atoms with van der Waals surface area (Å²) in [7, 11) is 0. The summed E-state index contributed by atoms with van der Waals surface area (Å²) in [5.74, 6) is -12.9. The van der Waals surface area contributed by atoms with Gasteiger partial charge in [0.2, 0.25) is 5.91 Å². The number of phenolic OH excluding ortho intramolecular Hbond substituents is 1. The molecular formula is C26H30N2O8. The van der Waals surface area contributed by atoms with Crippen LogP contribution in [0.3, 0.4) is 0 Å². The van der Waals surface area contributed by atoms with E-state index in [0.29, 0.717) is 24.9 Å². The molecule has 0 bridgehead atoms. The molecule has 0 aromatic heterocycles. The summed E-state index contributed by atoms with van der Waals surface area (Å²) in [6.45, 7) is 2.16. The van der Waals surface area contributed by atoms with E-state index in [1.165, 1.54) is 6.07 Å². The molecule has 4 rings (SSSR count). The molecule has 2 unspecified atom stereocenters. The quantitative estimate of drug-likeness (QED) is 0.300. The van der Waals surface area contributed by atoms with Crippen LogP contribution in [0.25, 0.3) is 0 Å². The predicted octanol–water partition coefficient (Wildman–Crippen LogP) is 0.202. The number of hydrogen-bond donors (Lipinski definition) is 4. The van der Waals surface area contributed by atoms with Gasteiger partial charge in [-0.15, -0.1) is 0 Å². The molecule has 3 aliphatic carbocycles. The lowest BCUT2D eigenvalue weighted by molar-refractivity contribution is -0.183. The normalized spacial score (nSPS) is 33.5. The average Bonchev–Trinajstić information content (AvgIpc) is 2.81. The Bertz CT molecular complexity index is 1180. The highest BCUT2D eigenvalue weighted by molar-refractivity contribution is 6.31. The summed E-state index contributed by atoms with van der Waals surface area (Å²) in [5, 5.41) is 22.0. The molecule has 7 atom stereocenters. The number of Topliss-reactive ketones (excluding diaryl/α,β-unsaturated/α-hetero) is 5. The smallest absolute Gasteiger partial charge is 0.235 e. The van der Waals surface area contributed by atoms with Gasteiger partial charge < -0.3 is 21.7 Å². The van der Waals surface area contributed by atoms with Crippen molar-refractivity contribution in [2.45, 2.75) is 50.5 Å². The van der Waals surface area contributed by atoms with Crippen LogP contribution in [0.5, 0.6) is 5.75 Å². The van der Waals surface area contributed by atoms with Crippen LogP contribution in [-0.4, -0.2) is 57.2 Å². The van der Waals surface area contributed by atoms with E-state index < -0.39 is 76.6 Å². The maximum atomic E-state index is 13.8. The van der Waals surface area contributed by atoms with Crippen molar-refractivity contribution < 1.29 is 39.0 Å². The number of carbonyl (C=O) groups excluding carboxylic acids is 6. The topological polar surface area (TPSA) is 195 Å². The Hall–Kier alpha value is -3.24. The summed E-state index contributed by atoms with van der Waals surface area (Å²) < 4.78 is 0. The number of hydrogen-bond acceptors (Lipinski definition) is 9. The largest absolute Gasteiger partial charge is 0.507 e. The lowest BCUT2D eigenvalue weighted by Crippen LogP contribution is -2.71. The van der Waals surface area contributed by atoms with Crippen LogP contribution in [0.15, 0.2) is 18.2 Å². The number of unbranched alkanes of at least 4 members (excludes halogenated alkanes) is 1. The molecule has 192 valence electrons. The van der Waals surface area contributed by atoms with Crippen molar-refractivity contribution in [1.82, 2.24) is 0 Å². The van der Waals surface area contributed by atoms with Gasteiger partial charge in [0.1, 0.15) is 11.5 Å². The number of primary amides is 1. The van der Waals surface area contributed by atoms with Crippen molar-refractivity contribution in [3.8, 4) is 5.75 Å². The van der Waals surface area contributed by atoms with Crippen LogP contribution in [0, 0.1) is 29.6 Å². The molecule has 0 aliphatic heterocycles. The Kier molecular flexibility index (Phi) is 6.70. The van der Waals surface area contributed by atoms with Gasteiger partial charge in [0.15, 0.2) is 34.7 Å². The van der Waals surface area contributed by atoms with E-state index in [4.69, 9.17) is 11.5 Å². The molecule has 1 amide bonds. The number of ketones is 5. The van der Waals surface area contributed by atoms with E-state index in [1.54, 1.807) is 19.1 Å². The van der Waals surface area contributed by atoms with Crippen molar-refractivity contribution in [3.63, 3.8) is 0 Å². The molecule has 10 heteroatoms. The highest BCUT2D eigenvalue weighted by atomic mass is 16.3. The Morgan fingerprint density at radius 3 is 2.44 bits per heavy atom. The minimum absolute atomic E-state index is 0.0690. The van der Waals surface area contributed by atoms with Crippen molar-refractivity contribution in [2.75, 3.05) is 6.54 Å². The maximum Gasteiger partial charge on any atom is 0.235 e. The third-order valence-electron chi connectivity index (χ3n) is 8.30. The number of aliphatic hydroxyl groups is 1. The number of carbonyl (C=O) groups is 6. The van der Waals surface area contributed by atoms with Crippen molar-refractivity contribution in [2.24, 2.45) is 41.1 Å². The Labute approximate surface area is 207 Å². The molecule has 10 nitrogen and oxygen atoms in total. The molecular weight excluding hydrogens is 468 g/mol. The van der Waals surface area contributed by atoms with Gasteiger partial charge in [0, 0.05) is 25.2 Å². The zero-order valence-electron chi connectivity index (χ0n) is 19.9. The van der Waals surface area contributed by atoms with E-state index in [2.05, 4.69) is 0 Å². The zero-order chi connectivity index (χ0) is 26.5. The molecule has 1 aromatic rings. The highest BCUT2D eigenvalue weighted by Gasteiger charge is 2.69. The van der Waals surface area contributed by atoms with Crippen LogP contribution < -0.4 is 11.5 Å². The molecule has 0 heterocycles. The molecule has 2 saturated carbocycles. The number of benzene rings is 1. The first-order valence-electron chi connectivity index (χ1n) is 12.2. The number of nitrogens with two attached hydrogens (primary N) is 2. The van der Waals surface area contributed by atoms with E-state index in [1.807, 2.05) is 0 Å². The van der Waals surface area contributed by atoms with Gasteiger partial charge in [-0.2, -0.15) is 0 Å². The average molecular weight is 499 g/mol. The van der Waals surface area contributed by atoms with Gasteiger partial charge in [-0.1, -0.05) is 19.1 Å². The van der Waals surface area contributed by atoms with Crippen LogP contribution in [0.4, 0.5) is 0 Å². The van der Waals surface area contributed by atoms with Crippen molar-refractivity contribution in [3.05, 3.63) is 29.3 Å². The lowest BCUT2D eigenvalue weighted by Gasteiger charge is -2.54. The van der Waals surface area contributed by atoms with E-state index in [-0.39, 0.29) is 29.9 Å². The lowest BCUT2D eigenvalue weighted by atomic mass is 9.47. The van der Waals surface area contributed by atoms with Crippen LogP contribution in [-0.2, 0) is 24.0 Å². The van der Waals surface area contributed by atoms with Crippen molar-refractivity contribution in [1.29, 1.82) is 0 Å². The highest BCUT2D eigenvalue weighted by Crippen LogP contribution is 2.57. The molecule has 0 radical (unpaired) electrons. The molecule has 36 heavy (non-hydrogen) atoms. The minimum Gasteiger partial charge on any atom is -0.507 e. The summed E-state index contributed by atoms with van der Waals surface area (Å²) in [6, 6.07) is 4.53. The zero-order valence-corrected chi connectivity index (χ0v) is 19.9. The van der Waals surface area contributed by atoms with Crippen LogP contribution >= 0.6 is 0 Å². The fraction of sp³-hybridized carbons (Fsp3) is 0.538. The summed E-state index contributed by atoms with van der Waals surface area (Å²) in [6.07, 6.45) is 0.651. The minimum atomic E-state index is -2.83. The SMILES string of the molecule is C[C@H]1c2cccc(O)c2C(=O)C2C(=O)[C@]3(O)C(=O)C(C(N)=O)C(=O)C[C@@H]3[C@@H](CC(=O)CCCCN)[C@@H]21. The van der Waals surface area contributed by atoms with E-state index >= 15 is 0 Å². The molecule has 1 aromatic carbocycles. The molecule has 3 aliphatic rings. The number of phenols is 1. The Balaban J connectivity index is 1.86. The first-order valence-corrected chi connectivity index (χ1v) is 12.2.